The van der Waals surface area contributed by atoms with Crippen molar-refractivity contribution < 1.29 is 13.2 Å². The molecule has 0 aliphatic carbocycles. The van der Waals surface area contributed by atoms with Gasteiger partial charge in [0.15, 0.2) is 0 Å². The van der Waals surface area contributed by atoms with Crippen LogP contribution in [-0.4, -0.2) is 27.4 Å². The molecule has 2 aromatic carbocycles. The van der Waals surface area contributed by atoms with Crippen molar-refractivity contribution in [3.63, 3.8) is 0 Å². The van der Waals surface area contributed by atoms with Gasteiger partial charge in [-0.05, 0) is 62.1 Å². The average molecular weight is 375 g/mol. The summed E-state index contributed by atoms with van der Waals surface area (Å²) in [4.78, 5) is 14.0. The van der Waals surface area contributed by atoms with Crippen molar-refractivity contribution in [1.82, 2.24) is 4.72 Å². The van der Waals surface area contributed by atoms with E-state index in [4.69, 9.17) is 0 Å². The van der Waals surface area contributed by atoms with Crippen molar-refractivity contribution in [3.05, 3.63) is 58.7 Å². The van der Waals surface area contributed by atoms with Gasteiger partial charge in [-0.25, -0.2) is 13.1 Å². The van der Waals surface area contributed by atoms with E-state index < -0.39 is 10.0 Å². The summed E-state index contributed by atoms with van der Waals surface area (Å²) in [5, 5.41) is 0. The molecule has 0 unspecified atom stereocenters. The van der Waals surface area contributed by atoms with Crippen LogP contribution in [0, 0.1) is 27.7 Å². The molecule has 0 spiro atoms. The Kier molecular flexibility index (Phi) is 6.21. The van der Waals surface area contributed by atoms with Gasteiger partial charge in [0.25, 0.3) is 0 Å². The van der Waals surface area contributed by atoms with Crippen molar-refractivity contribution in [3.8, 4) is 0 Å². The van der Waals surface area contributed by atoms with E-state index in [1.807, 2.05) is 45.0 Å². The number of carbonyl (C=O) groups is 1. The van der Waals surface area contributed by atoms with Crippen LogP contribution < -0.4 is 9.62 Å². The Morgan fingerprint density at radius 3 is 2.15 bits per heavy atom. The van der Waals surface area contributed by atoms with E-state index in [2.05, 4.69) is 4.72 Å². The van der Waals surface area contributed by atoms with E-state index >= 15 is 0 Å². The minimum absolute atomic E-state index is 0.121. The van der Waals surface area contributed by atoms with Crippen molar-refractivity contribution in [2.45, 2.75) is 39.5 Å². The Hall–Kier alpha value is -2.18. The minimum Gasteiger partial charge on any atom is -0.311 e. The molecule has 140 valence electrons. The first-order chi connectivity index (χ1) is 12.1. The molecule has 0 bridgehead atoms. The lowest BCUT2D eigenvalue weighted by atomic mass is 10.1. The monoisotopic (exact) mass is 374 g/mol. The first kappa shape index (κ1) is 20.1. The quantitative estimate of drug-likeness (QED) is 0.844. The standard InChI is InChI=1S/C20H26N2O3S/c1-14-6-8-16(3)19(12-14)22(18(5)23)11-10-21-26(24,25)20-13-15(2)7-9-17(20)4/h6-9,12-13,21H,10-11H2,1-5H3. The molecule has 0 aliphatic rings. The van der Waals surface area contributed by atoms with E-state index in [9.17, 15) is 13.2 Å². The molecular weight excluding hydrogens is 348 g/mol. The van der Waals surface area contributed by atoms with Crippen molar-refractivity contribution in [2.24, 2.45) is 0 Å². The molecule has 0 aliphatic heterocycles. The topological polar surface area (TPSA) is 66.5 Å². The Bertz CT molecular complexity index is 921. The predicted octanol–water partition coefficient (Wildman–Crippen LogP) is 3.25. The summed E-state index contributed by atoms with van der Waals surface area (Å²) in [6, 6.07) is 11.2. The van der Waals surface area contributed by atoms with E-state index in [0.717, 1.165) is 22.4 Å². The zero-order valence-corrected chi connectivity index (χ0v) is 16.8. The molecule has 0 atom stereocenters. The van der Waals surface area contributed by atoms with Crippen molar-refractivity contribution >= 4 is 21.6 Å². The Morgan fingerprint density at radius 1 is 0.962 bits per heavy atom. The number of hydrogen-bond acceptors (Lipinski definition) is 3. The largest absolute Gasteiger partial charge is 0.311 e. The molecular formula is C20H26N2O3S. The van der Waals surface area contributed by atoms with Gasteiger partial charge in [-0.1, -0.05) is 24.3 Å². The number of hydrogen-bond donors (Lipinski definition) is 1. The molecule has 5 nitrogen and oxygen atoms in total. The van der Waals surface area contributed by atoms with Crippen LogP contribution in [0.1, 0.15) is 29.2 Å². The van der Waals surface area contributed by atoms with Crippen LogP contribution in [0.25, 0.3) is 0 Å². The van der Waals surface area contributed by atoms with Crippen LogP contribution in [-0.2, 0) is 14.8 Å². The Labute approximate surface area is 156 Å². The van der Waals surface area contributed by atoms with Gasteiger partial charge in [-0.3, -0.25) is 4.79 Å². The van der Waals surface area contributed by atoms with Crippen LogP contribution in [0.2, 0.25) is 0 Å². The lowest BCUT2D eigenvalue weighted by Crippen LogP contribution is -2.38. The normalized spacial score (nSPS) is 11.4. The maximum Gasteiger partial charge on any atom is 0.240 e. The van der Waals surface area contributed by atoms with Crippen LogP contribution in [0.4, 0.5) is 5.69 Å². The zero-order valence-electron chi connectivity index (χ0n) is 16.0. The molecule has 0 heterocycles. The van der Waals surface area contributed by atoms with Crippen LogP contribution in [0.15, 0.2) is 41.3 Å². The number of benzene rings is 2. The third-order valence-electron chi connectivity index (χ3n) is 4.30. The second-order valence-electron chi connectivity index (χ2n) is 6.63. The average Bonchev–Trinajstić information content (AvgIpc) is 2.56. The van der Waals surface area contributed by atoms with E-state index in [1.54, 1.807) is 24.0 Å². The molecule has 6 heteroatoms. The number of nitrogens with one attached hydrogen (secondary N) is 1. The number of rotatable bonds is 6. The number of anilines is 1. The van der Waals surface area contributed by atoms with Gasteiger partial charge in [0.2, 0.25) is 15.9 Å². The number of carbonyl (C=O) groups excluding carboxylic acids is 1. The highest BCUT2D eigenvalue weighted by atomic mass is 32.2. The summed E-state index contributed by atoms with van der Waals surface area (Å²) in [7, 11) is -3.62. The Balaban J connectivity index is 2.16. The highest BCUT2D eigenvalue weighted by molar-refractivity contribution is 7.89. The molecule has 0 radical (unpaired) electrons. The van der Waals surface area contributed by atoms with Crippen molar-refractivity contribution in [1.29, 1.82) is 0 Å². The van der Waals surface area contributed by atoms with E-state index in [0.29, 0.717) is 5.56 Å². The van der Waals surface area contributed by atoms with Gasteiger partial charge in [0, 0.05) is 25.7 Å². The van der Waals surface area contributed by atoms with Gasteiger partial charge in [0.1, 0.15) is 0 Å². The van der Waals surface area contributed by atoms with E-state index in [-0.39, 0.29) is 23.9 Å². The maximum atomic E-state index is 12.6. The highest BCUT2D eigenvalue weighted by Crippen LogP contribution is 2.22. The smallest absolute Gasteiger partial charge is 0.240 e. The molecule has 26 heavy (non-hydrogen) atoms. The lowest BCUT2D eigenvalue weighted by Gasteiger charge is -2.24. The fourth-order valence-corrected chi connectivity index (χ4v) is 4.17. The van der Waals surface area contributed by atoms with Crippen LogP contribution >= 0.6 is 0 Å². The minimum atomic E-state index is -3.62. The fourth-order valence-electron chi connectivity index (χ4n) is 2.82. The summed E-state index contributed by atoms with van der Waals surface area (Å²) in [5.41, 5.74) is 4.41. The lowest BCUT2D eigenvalue weighted by molar-refractivity contribution is -0.116. The van der Waals surface area contributed by atoms with Gasteiger partial charge in [-0.15, -0.1) is 0 Å². The molecule has 0 saturated carbocycles. The molecule has 2 aromatic rings. The third kappa shape index (κ3) is 4.71. The molecule has 0 saturated heterocycles. The Morgan fingerprint density at radius 2 is 1.54 bits per heavy atom. The summed E-state index contributed by atoms with van der Waals surface area (Å²) in [5.74, 6) is -0.121. The summed E-state index contributed by atoms with van der Waals surface area (Å²) in [6.07, 6.45) is 0. The second-order valence-corrected chi connectivity index (χ2v) is 8.36. The van der Waals surface area contributed by atoms with E-state index in [1.165, 1.54) is 6.92 Å². The first-order valence-corrected chi connectivity index (χ1v) is 10.0. The molecule has 1 N–H and O–H groups in total. The number of nitrogens with zero attached hydrogens (tertiary/aromatic N) is 1. The molecule has 2 rings (SSSR count). The van der Waals surface area contributed by atoms with Crippen LogP contribution in [0.3, 0.4) is 0 Å². The number of sulfonamides is 1. The number of aryl methyl sites for hydroxylation is 4. The highest BCUT2D eigenvalue weighted by Gasteiger charge is 2.19. The van der Waals surface area contributed by atoms with Gasteiger partial charge in [0.05, 0.1) is 4.90 Å². The van der Waals surface area contributed by atoms with Gasteiger partial charge in [-0.2, -0.15) is 0 Å². The second kappa shape index (κ2) is 8.01. The van der Waals surface area contributed by atoms with Crippen molar-refractivity contribution in [2.75, 3.05) is 18.0 Å². The molecule has 0 aromatic heterocycles. The third-order valence-corrected chi connectivity index (χ3v) is 5.90. The predicted molar refractivity (Wildman–Crippen MR) is 105 cm³/mol. The maximum absolute atomic E-state index is 12.6. The SMILES string of the molecule is CC(=O)N(CCNS(=O)(=O)c1cc(C)ccc1C)c1cc(C)ccc1C. The van der Waals surface area contributed by atoms with Gasteiger partial charge < -0.3 is 4.90 Å². The number of amides is 1. The fraction of sp³-hybridized carbons (Fsp3) is 0.350. The summed E-state index contributed by atoms with van der Waals surface area (Å²) in [6.45, 7) is 9.42. The van der Waals surface area contributed by atoms with Gasteiger partial charge >= 0.3 is 0 Å². The van der Waals surface area contributed by atoms with Crippen LogP contribution in [0.5, 0.6) is 0 Å². The summed E-state index contributed by atoms with van der Waals surface area (Å²) < 4.78 is 27.8. The zero-order chi connectivity index (χ0) is 19.5. The summed E-state index contributed by atoms with van der Waals surface area (Å²) >= 11 is 0. The molecule has 1 amide bonds. The molecule has 0 fully saturated rings. The first-order valence-electron chi connectivity index (χ1n) is 8.54.